The van der Waals surface area contributed by atoms with Gasteiger partial charge < -0.3 is 15.4 Å². The lowest BCUT2D eigenvalue weighted by molar-refractivity contribution is -0.132. The molecule has 0 saturated carbocycles. The van der Waals surface area contributed by atoms with Crippen LogP contribution in [0.2, 0.25) is 0 Å². The van der Waals surface area contributed by atoms with Crippen molar-refractivity contribution in [1.29, 1.82) is 0 Å². The molecule has 4 nitrogen and oxygen atoms in total. The summed E-state index contributed by atoms with van der Waals surface area (Å²) in [4.78, 5) is 13.0. The van der Waals surface area contributed by atoms with Gasteiger partial charge in [0.05, 0.1) is 6.61 Å². The van der Waals surface area contributed by atoms with Crippen molar-refractivity contribution in [3.63, 3.8) is 0 Å². The molecule has 0 aromatic rings. The van der Waals surface area contributed by atoms with Crippen molar-refractivity contribution in [2.75, 3.05) is 27.3 Å². The average molecular weight is 186 g/mol. The van der Waals surface area contributed by atoms with E-state index < -0.39 is 6.04 Å². The van der Waals surface area contributed by atoms with Gasteiger partial charge >= 0.3 is 0 Å². The number of hydrogen-bond donors (Lipinski definition) is 1. The predicted molar refractivity (Wildman–Crippen MR) is 52.3 cm³/mol. The number of amides is 1. The van der Waals surface area contributed by atoms with Crippen LogP contribution in [0.3, 0.4) is 0 Å². The summed E-state index contributed by atoms with van der Waals surface area (Å²) in [7, 11) is 3.22. The minimum Gasteiger partial charge on any atom is -0.383 e. The Morgan fingerprint density at radius 2 is 2.23 bits per heavy atom. The molecule has 0 fully saturated rings. The first kappa shape index (κ1) is 12.1. The topological polar surface area (TPSA) is 55.6 Å². The first-order chi connectivity index (χ1) is 5.99. The molecule has 0 radical (unpaired) electrons. The van der Waals surface area contributed by atoms with Crippen LogP contribution in [-0.4, -0.2) is 44.2 Å². The summed E-state index contributed by atoms with van der Waals surface area (Å²) in [5, 5.41) is 0. The zero-order chi connectivity index (χ0) is 10.4. The average Bonchev–Trinajstić information content (AvgIpc) is 2.02. The molecule has 1 atom stereocenters. The van der Waals surface area contributed by atoms with Gasteiger partial charge in [0.15, 0.2) is 0 Å². The van der Waals surface area contributed by atoms with Crippen LogP contribution < -0.4 is 5.73 Å². The van der Waals surface area contributed by atoms with Gasteiger partial charge in [-0.25, -0.2) is 0 Å². The van der Waals surface area contributed by atoms with Crippen LogP contribution in [0.15, 0.2) is 12.2 Å². The molecule has 76 valence electrons. The van der Waals surface area contributed by atoms with Gasteiger partial charge in [-0.15, -0.1) is 0 Å². The number of carbonyl (C=O) groups is 1. The van der Waals surface area contributed by atoms with E-state index in [0.29, 0.717) is 6.54 Å². The second kappa shape index (κ2) is 5.72. The molecule has 2 N–H and O–H groups in total. The second-order valence-electron chi connectivity index (χ2n) is 3.21. The molecule has 1 unspecified atom stereocenters. The van der Waals surface area contributed by atoms with Gasteiger partial charge in [-0.05, 0) is 6.92 Å². The summed E-state index contributed by atoms with van der Waals surface area (Å²) in [6.07, 6.45) is 0. The number of methoxy groups -OCH3 is 1. The molecule has 0 aliphatic heterocycles. The summed E-state index contributed by atoms with van der Waals surface area (Å²) in [6, 6.07) is -0.575. The monoisotopic (exact) mass is 186 g/mol. The lowest BCUT2D eigenvalue weighted by atomic mass is 10.2. The van der Waals surface area contributed by atoms with Gasteiger partial charge in [0.2, 0.25) is 5.91 Å². The number of carbonyl (C=O) groups excluding carboxylic acids is 1. The van der Waals surface area contributed by atoms with Gasteiger partial charge in [0.25, 0.3) is 0 Å². The van der Waals surface area contributed by atoms with Crippen LogP contribution in [0, 0.1) is 0 Å². The zero-order valence-corrected chi connectivity index (χ0v) is 8.54. The van der Waals surface area contributed by atoms with E-state index in [4.69, 9.17) is 10.5 Å². The molecule has 4 heteroatoms. The molecule has 1 amide bonds. The molecule has 13 heavy (non-hydrogen) atoms. The van der Waals surface area contributed by atoms with Crippen molar-refractivity contribution in [3.05, 3.63) is 12.2 Å². The van der Waals surface area contributed by atoms with Gasteiger partial charge in [-0.3, -0.25) is 4.79 Å². The molecule has 0 bridgehead atoms. The summed E-state index contributed by atoms with van der Waals surface area (Å²) < 4.78 is 4.78. The maximum atomic E-state index is 11.4. The van der Waals surface area contributed by atoms with Gasteiger partial charge in [0.1, 0.15) is 6.04 Å². The number of nitrogens with two attached hydrogens (primary N) is 1. The second-order valence-corrected chi connectivity index (χ2v) is 3.21. The van der Waals surface area contributed by atoms with E-state index in [0.717, 1.165) is 5.57 Å². The lowest BCUT2D eigenvalue weighted by Crippen LogP contribution is -2.44. The third-order valence-corrected chi connectivity index (χ3v) is 1.55. The third-order valence-electron chi connectivity index (χ3n) is 1.55. The van der Waals surface area contributed by atoms with Crippen molar-refractivity contribution in [3.8, 4) is 0 Å². The van der Waals surface area contributed by atoms with E-state index >= 15 is 0 Å². The van der Waals surface area contributed by atoms with Crippen LogP contribution >= 0.6 is 0 Å². The van der Waals surface area contributed by atoms with E-state index in [1.54, 1.807) is 11.9 Å². The maximum Gasteiger partial charge on any atom is 0.241 e. The fourth-order valence-electron chi connectivity index (χ4n) is 1.02. The molecule has 0 saturated heterocycles. The molecule has 0 aromatic carbocycles. The standard InChI is InChI=1S/C9H18N2O2/c1-7(2)5-11(3)9(12)8(10)6-13-4/h8H,1,5-6,10H2,2-4H3. The molecule has 0 aliphatic rings. The Morgan fingerprint density at radius 3 is 2.62 bits per heavy atom. The van der Waals surface area contributed by atoms with Crippen LogP contribution in [0.25, 0.3) is 0 Å². The molecule has 0 rings (SSSR count). The molecule has 0 spiro atoms. The number of hydrogen-bond acceptors (Lipinski definition) is 3. The SMILES string of the molecule is C=C(C)CN(C)C(=O)C(N)COC. The van der Waals surface area contributed by atoms with Crippen LogP contribution in [0.4, 0.5) is 0 Å². The fourth-order valence-corrected chi connectivity index (χ4v) is 1.02. The Labute approximate surface area is 79.3 Å². The predicted octanol–water partition coefficient (Wildman–Crippen LogP) is -0.00540. The highest BCUT2D eigenvalue weighted by atomic mass is 16.5. The number of nitrogens with zero attached hydrogens (tertiary/aromatic N) is 1. The van der Waals surface area contributed by atoms with Crippen molar-refractivity contribution in [2.24, 2.45) is 5.73 Å². The number of likely N-dealkylation sites (N-methyl/N-ethyl adjacent to an activating group) is 1. The summed E-state index contributed by atoms with van der Waals surface area (Å²) in [6.45, 7) is 6.37. The Bertz CT molecular complexity index is 192. The molecule has 0 aromatic heterocycles. The Balaban J connectivity index is 4.01. The van der Waals surface area contributed by atoms with Gasteiger partial charge in [0, 0.05) is 20.7 Å². The van der Waals surface area contributed by atoms with E-state index in [2.05, 4.69) is 6.58 Å². The highest BCUT2D eigenvalue weighted by Gasteiger charge is 2.17. The summed E-state index contributed by atoms with van der Waals surface area (Å²) in [5.74, 6) is -0.121. The normalized spacial score (nSPS) is 12.3. The Hall–Kier alpha value is -0.870. The first-order valence-electron chi connectivity index (χ1n) is 4.13. The molecular weight excluding hydrogens is 168 g/mol. The zero-order valence-electron chi connectivity index (χ0n) is 8.54. The van der Waals surface area contributed by atoms with Gasteiger partial charge in [-0.2, -0.15) is 0 Å². The molecule has 0 heterocycles. The minimum atomic E-state index is -0.575. The summed E-state index contributed by atoms with van der Waals surface area (Å²) in [5.41, 5.74) is 6.49. The highest BCUT2D eigenvalue weighted by molar-refractivity contribution is 5.81. The number of ether oxygens (including phenoxy) is 1. The smallest absolute Gasteiger partial charge is 0.241 e. The maximum absolute atomic E-state index is 11.4. The minimum absolute atomic E-state index is 0.121. The third kappa shape index (κ3) is 4.65. The van der Waals surface area contributed by atoms with Gasteiger partial charge in [-0.1, -0.05) is 12.2 Å². The van der Waals surface area contributed by atoms with E-state index in [-0.39, 0.29) is 12.5 Å². The van der Waals surface area contributed by atoms with Crippen LogP contribution in [0.5, 0.6) is 0 Å². The Kier molecular flexibility index (Phi) is 5.34. The Morgan fingerprint density at radius 1 is 1.69 bits per heavy atom. The van der Waals surface area contributed by atoms with Crippen molar-refractivity contribution in [2.45, 2.75) is 13.0 Å². The van der Waals surface area contributed by atoms with E-state index in [1.807, 2.05) is 6.92 Å². The molecular formula is C9H18N2O2. The number of rotatable bonds is 5. The van der Waals surface area contributed by atoms with E-state index in [1.165, 1.54) is 7.11 Å². The van der Waals surface area contributed by atoms with Crippen LogP contribution in [0.1, 0.15) is 6.92 Å². The van der Waals surface area contributed by atoms with E-state index in [9.17, 15) is 4.79 Å². The first-order valence-corrected chi connectivity index (χ1v) is 4.13. The fraction of sp³-hybridized carbons (Fsp3) is 0.667. The largest absolute Gasteiger partial charge is 0.383 e. The van der Waals surface area contributed by atoms with Crippen molar-refractivity contribution in [1.82, 2.24) is 4.90 Å². The summed E-state index contributed by atoms with van der Waals surface area (Å²) >= 11 is 0. The highest BCUT2D eigenvalue weighted by Crippen LogP contribution is 1.95. The molecule has 0 aliphatic carbocycles. The van der Waals surface area contributed by atoms with Crippen LogP contribution in [-0.2, 0) is 9.53 Å². The quantitative estimate of drug-likeness (QED) is 0.615. The van der Waals surface area contributed by atoms with Crippen molar-refractivity contribution >= 4 is 5.91 Å². The lowest BCUT2D eigenvalue weighted by Gasteiger charge is -2.20. The van der Waals surface area contributed by atoms with Crippen molar-refractivity contribution < 1.29 is 9.53 Å².